The molecule has 4 rings (SSSR count). The smallest absolute Gasteiger partial charge is 0.393 e. The fourth-order valence-electron chi connectivity index (χ4n) is 4.52. The summed E-state index contributed by atoms with van der Waals surface area (Å²) >= 11 is 7.78. The van der Waals surface area contributed by atoms with Crippen molar-refractivity contribution in [2.75, 3.05) is 57.7 Å². The lowest BCUT2D eigenvalue weighted by atomic mass is 10.0. The summed E-state index contributed by atoms with van der Waals surface area (Å²) in [5.74, 6) is 5.75. The van der Waals surface area contributed by atoms with Crippen LogP contribution in [0.15, 0.2) is 36.4 Å². The Balaban J connectivity index is 1.62. The number of benzene rings is 2. The second-order valence-corrected chi connectivity index (χ2v) is 14.8. The Morgan fingerprint density at radius 3 is 2.77 bits per heavy atom. The summed E-state index contributed by atoms with van der Waals surface area (Å²) in [6, 6.07) is 9.81. The normalized spacial score (nSPS) is 19.9. The Hall–Kier alpha value is -2.37. The van der Waals surface area contributed by atoms with Crippen LogP contribution in [0.5, 0.6) is 5.75 Å². The summed E-state index contributed by atoms with van der Waals surface area (Å²) in [7, 11) is -3.42. The monoisotopic (exact) mass is 600 g/mol. The zero-order chi connectivity index (χ0) is 30.9. The molecule has 2 atom stereocenters. The van der Waals surface area contributed by atoms with Crippen molar-refractivity contribution >= 4 is 56.8 Å². The number of anilines is 2. The molecule has 2 aromatic carbocycles. The SMILES string of the molecule is [2H]C([2H])([2H])Oc1cc(P(C)(C)=O)ccc1NCC#Cc1sc2c(N[C@@H]3CCN(C)C[C@@H]3Cl)cccc2c1CC(F)(F)F. The number of rotatable bonds is 7. The molecular weight excluding hydrogens is 566 g/mol. The molecule has 2 N–H and O–H groups in total. The van der Waals surface area contributed by atoms with Gasteiger partial charge < -0.3 is 24.8 Å². The first-order valence-electron chi connectivity index (χ1n) is 13.8. The number of hydrogen-bond donors (Lipinski definition) is 2. The fraction of sp³-hybridized carbons (Fsp3) is 0.429. The molecule has 1 saturated heterocycles. The van der Waals surface area contributed by atoms with Crippen LogP contribution < -0.4 is 20.7 Å². The number of thiophene rings is 1. The number of halogens is 4. The van der Waals surface area contributed by atoms with E-state index in [1.165, 1.54) is 17.4 Å². The number of nitrogens with one attached hydrogen (secondary N) is 2. The highest BCUT2D eigenvalue weighted by molar-refractivity contribution is 7.70. The number of methoxy groups -OCH3 is 1. The van der Waals surface area contributed by atoms with Crippen LogP contribution >= 0.6 is 30.1 Å². The average Bonchev–Trinajstić information content (AvgIpc) is 3.19. The Morgan fingerprint density at radius 1 is 1.28 bits per heavy atom. The molecule has 0 radical (unpaired) electrons. The summed E-state index contributed by atoms with van der Waals surface area (Å²) in [6.45, 7) is 4.70. The van der Waals surface area contributed by atoms with Gasteiger partial charge in [-0.3, -0.25) is 0 Å². The highest BCUT2D eigenvalue weighted by Gasteiger charge is 2.32. The molecule has 1 aromatic heterocycles. The Labute approximate surface area is 240 Å². The fourth-order valence-corrected chi connectivity index (χ4v) is 6.98. The van der Waals surface area contributed by atoms with Gasteiger partial charge in [-0.05, 0) is 68.6 Å². The number of ether oxygens (including phenoxy) is 1. The highest BCUT2D eigenvalue weighted by Crippen LogP contribution is 2.40. The Bertz CT molecular complexity index is 1550. The molecule has 0 bridgehead atoms. The summed E-state index contributed by atoms with van der Waals surface area (Å²) in [5.41, 5.74) is 1.15. The zero-order valence-corrected chi connectivity index (χ0v) is 24.3. The number of likely N-dealkylation sites (tertiary alicyclic amines) is 1. The molecule has 2 heterocycles. The van der Waals surface area contributed by atoms with Crippen LogP contribution in [-0.2, 0) is 11.0 Å². The summed E-state index contributed by atoms with van der Waals surface area (Å²) in [5, 5.41) is 7.23. The lowest BCUT2D eigenvalue weighted by molar-refractivity contribution is -0.126. The lowest BCUT2D eigenvalue weighted by Gasteiger charge is -2.34. The third kappa shape index (κ3) is 7.43. The number of hydrogen-bond acceptors (Lipinski definition) is 6. The van der Waals surface area contributed by atoms with Gasteiger partial charge in [0.2, 0.25) is 0 Å². The molecule has 1 aliphatic heterocycles. The third-order valence-electron chi connectivity index (χ3n) is 6.55. The summed E-state index contributed by atoms with van der Waals surface area (Å²) in [4.78, 5) is 2.44. The molecule has 3 aromatic rings. The van der Waals surface area contributed by atoms with Gasteiger partial charge >= 0.3 is 6.18 Å². The van der Waals surface area contributed by atoms with E-state index < -0.39 is 26.8 Å². The van der Waals surface area contributed by atoms with Gasteiger partial charge in [0.25, 0.3) is 0 Å². The van der Waals surface area contributed by atoms with Crippen molar-refractivity contribution < 1.29 is 26.6 Å². The quantitative estimate of drug-likeness (QED) is 0.185. The molecule has 1 aliphatic rings. The first kappa shape index (κ1) is 25.6. The van der Waals surface area contributed by atoms with Gasteiger partial charge in [-0.2, -0.15) is 13.2 Å². The maximum Gasteiger partial charge on any atom is 0.393 e. The van der Waals surface area contributed by atoms with E-state index >= 15 is 0 Å². The van der Waals surface area contributed by atoms with Crippen LogP contribution in [0.2, 0.25) is 0 Å². The number of alkyl halides is 4. The van der Waals surface area contributed by atoms with E-state index in [2.05, 4.69) is 27.4 Å². The van der Waals surface area contributed by atoms with E-state index in [4.69, 9.17) is 20.5 Å². The van der Waals surface area contributed by atoms with Crippen LogP contribution in [0.1, 0.15) is 21.0 Å². The van der Waals surface area contributed by atoms with E-state index in [9.17, 15) is 17.7 Å². The van der Waals surface area contributed by atoms with Crippen molar-refractivity contribution in [3.8, 4) is 17.6 Å². The maximum atomic E-state index is 13.6. The molecule has 39 heavy (non-hydrogen) atoms. The highest BCUT2D eigenvalue weighted by atomic mass is 35.5. The minimum Gasteiger partial charge on any atom is -0.495 e. The van der Waals surface area contributed by atoms with E-state index in [1.807, 2.05) is 13.1 Å². The number of piperidine rings is 1. The molecule has 0 amide bonds. The molecule has 0 aliphatic carbocycles. The predicted molar refractivity (Wildman–Crippen MR) is 158 cm³/mol. The van der Waals surface area contributed by atoms with Crippen molar-refractivity contribution in [2.24, 2.45) is 0 Å². The molecule has 1 fully saturated rings. The van der Waals surface area contributed by atoms with Gasteiger partial charge in [0.05, 0.1) is 50.4 Å². The van der Waals surface area contributed by atoms with Gasteiger partial charge in [-0.1, -0.05) is 24.0 Å². The van der Waals surface area contributed by atoms with Gasteiger partial charge in [0, 0.05) is 17.9 Å². The van der Waals surface area contributed by atoms with Gasteiger partial charge in [-0.25, -0.2) is 0 Å². The van der Waals surface area contributed by atoms with Crippen molar-refractivity contribution in [1.82, 2.24) is 4.90 Å². The number of nitrogens with zero attached hydrogens (tertiary/aromatic N) is 1. The molecule has 0 unspecified atom stereocenters. The largest absolute Gasteiger partial charge is 0.495 e. The average molecular weight is 601 g/mol. The minimum absolute atomic E-state index is 0.000940. The molecular formula is C28H32ClF3N3O2PS. The van der Waals surface area contributed by atoms with Crippen molar-refractivity contribution in [3.63, 3.8) is 0 Å². The summed E-state index contributed by atoms with van der Waals surface area (Å²) < 4.78 is 81.6. The first-order valence-corrected chi connectivity index (χ1v) is 16.2. The van der Waals surface area contributed by atoms with Gasteiger partial charge in [0.1, 0.15) is 12.9 Å². The standard InChI is InChI=1S/C28H32ClF3N3O2PS/c1-35-14-12-22(21(29)17-35)34-24-8-5-7-19-20(16-28(30,31)32)26(39-27(19)24)9-6-13-33-23-11-10-18(38(3,4)36)15-25(23)37-2/h5,7-8,10-11,15,21-22,33-34H,12-14,16-17H2,1-4H3/t21-,22+/m0/s1/i2D3. The lowest BCUT2D eigenvalue weighted by Crippen LogP contribution is -2.45. The van der Waals surface area contributed by atoms with Gasteiger partial charge in [-0.15, -0.1) is 22.9 Å². The maximum absolute atomic E-state index is 13.6. The second-order valence-electron chi connectivity index (χ2n) is 9.99. The minimum atomic E-state index is -4.43. The van der Waals surface area contributed by atoms with Crippen molar-refractivity contribution in [2.45, 2.75) is 30.4 Å². The molecule has 0 saturated carbocycles. The summed E-state index contributed by atoms with van der Waals surface area (Å²) in [6.07, 6.45) is -4.74. The van der Waals surface area contributed by atoms with Crippen LogP contribution in [0, 0.1) is 11.8 Å². The van der Waals surface area contributed by atoms with E-state index in [-0.39, 0.29) is 29.3 Å². The third-order valence-corrected chi connectivity index (χ3v) is 9.71. The molecule has 210 valence electrons. The van der Waals surface area contributed by atoms with Crippen LogP contribution in [0.4, 0.5) is 24.5 Å². The number of fused-ring (bicyclic) bond motifs is 1. The van der Waals surface area contributed by atoms with Crippen molar-refractivity contribution in [1.29, 1.82) is 0 Å². The van der Waals surface area contributed by atoms with Crippen LogP contribution in [-0.4, -0.2) is 69.5 Å². The molecule has 0 spiro atoms. The molecule has 5 nitrogen and oxygen atoms in total. The van der Waals surface area contributed by atoms with Crippen LogP contribution in [0.3, 0.4) is 0 Å². The van der Waals surface area contributed by atoms with E-state index in [0.29, 0.717) is 32.5 Å². The van der Waals surface area contributed by atoms with Gasteiger partial charge in [0.15, 0.2) is 0 Å². The molecule has 11 heteroatoms. The van der Waals surface area contributed by atoms with E-state index in [0.717, 1.165) is 18.7 Å². The first-order chi connectivity index (χ1) is 19.5. The zero-order valence-electron chi connectivity index (χ0n) is 24.8. The van der Waals surface area contributed by atoms with E-state index in [1.54, 1.807) is 37.6 Å². The Morgan fingerprint density at radius 2 is 2.08 bits per heavy atom. The topological polar surface area (TPSA) is 53.6 Å². The van der Waals surface area contributed by atoms with Crippen molar-refractivity contribution in [3.05, 3.63) is 46.8 Å². The second kappa shape index (κ2) is 12.0. The predicted octanol–water partition coefficient (Wildman–Crippen LogP) is 6.45. The Kier molecular flexibility index (Phi) is 7.88. The van der Waals surface area contributed by atoms with Crippen LogP contribution in [0.25, 0.3) is 10.1 Å².